The highest BCUT2D eigenvalue weighted by Gasteiger charge is 1.96. The summed E-state index contributed by atoms with van der Waals surface area (Å²) in [4.78, 5) is 0. The van der Waals surface area contributed by atoms with Gasteiger partial charge in [-0.2, -0.15) is 0 Å². The van der Waals surface area contributed by atoms with Crippen LogP contribution in [0.5, 0.6) is 0 Å². The summed E-state index contributed by atoms with van der Waals surface area (Å²) in [5, 5.41) is 7.27. The summed E-state index contributed by atoms with van der Waals surface area (Å²) in [5.74, 6) is 0.647. The standard InChI is InChI=1S/C13H28N2S/c1-4-5-6-7-8-9-10-14-13(16)15-11-12(2)3/h12H,4-11H2,1-3H3,(H2,14,15,16). The Morgan fingerprint density at radius 3 is 2.25 bits per heavy atom. The van der Waals surface area contributed by atoms with Crippen LogP contribution < -0.4 is 10.6 Å². The van der Waals surface area contributed by atoms with Crippen LogP contribution in [0, 0.1) is 5.92 Å². The Labute approximate surface area is 107 Å². The van der Waals surface area contributed by atoms with Crippen molar-refractivity contribution in [3.63, 3.8) is 0 Å². The van der Waals surface area contributed by atoms with Crippen LogP contribution in [0.25, 0.3) is 0 Å². The van der Waals surface area contributed by atoms with Crippen molar-refractivity contribution in [1.82, 2.24) is 10.6 Å². The molecule has 96 valence electrons. The van der Waals surface area contributed by atoms with Gasteiger partial charge >= 0.3 is 0 Å². The van der Waals surface area contributed by atoms with Gasteiger partial charge in [0.25, 0.3) is 0 Å². The van der Waals surface area contributed by atoms with Gasteiger partial charge < -0.3 is 10.6 Å². The average molecular weight is 244 g/mol. The lowest BCUT2D eigenvalue weighted by Gasteiger charge is -2.11. The highest BCUT2D eigenvalue weighted by Crippen LogP contribution is 2.03. The fourth-order valence-electron chi connectivity index (χ4n) is 1.47. The minimum absolute atomic E-state index is 0.647. The van der Waals surface area contributed by atoms with E-state index in [-0.39, 0.29) is 0 Å². The molecule has 0 aromatic carbocycles. The first-order valence-corrected chi connectivity index (χ1v) is 7.09. The molecule has 0 aliphatic rings. The van der Waals surface area contributed by atoms with Crippen molar-refractivity contribution in [2.45, 2.75) is 59.3 Å². The molecule has 2 nitrogen and oxygen atoms in total. The Kier molecular flexibility index (Phi) is 11.0. The predicted molar refractivity (Wildman–Crippen MR) is 76.8 cm³/mol. The molecule has 3 heteroatoms. The van der Waals surface area contributed by atoms with Crippen molar-refractivity contribution in [2.75, 3.05) is 13.1 Å². The average Bonchev–Trinajstić information content (AvgIpc) is 2.25. The molecule has 2 N–H and O–H groups in total. The zero-order valence-corrected chi connectivity index (χ0v) is 12.0. The second kappa shape index (κ2) is 11.2. The molecule has 0 atom stereocenters. The fourth-order valence-corrected chi connectivity index (χ4v) is 1.65. The van der Waals surface area contributed by atoms with E-state index in [0.717, 1.165) is 18.2 Å². The molecule has 0 aromatic rings. The van der Waals surface area contributed by atoms with Gasteiger partial charge in [0.1, 0.15) is 0 Å². The van der Waals surface area contributed by atoms with Crippen LogP contribution in [0.4, 0.5) is 0 Å². The molecule has 0 saturated carbocycles. The normalized spacial score (nSPS) is 10.5. The minimum atomic E-state index is 0.647. The maximum atomic E-state index is 5.17. The number of hydrogen-bond acceptors (Lipinski definition) is 1. The summed E-state index contributed by atoms with van der Waals surface area (Å²) < 4.78 is 0. The molecule has 0 aliphatic heterocycles. The molecule has 0 radical (unpaired) electrons. The van der Waals surface area contributed by atoms with Gasteiger partial charge in [-0.25, -0.2) is 0 Å². The number of unbranched alkanes of at least 4 members (excludes halogenated alkanes) is 5. The Morgan fingerprint density at radius 2 is 1.62 bits per heavy atom. The van der Waals surface area contributed by atoms with Crippen molar-refractivity contribution in [3.8, 4) is 0 Å². The number of rotatable bonds is 9. The Morgan fingerprint density at radius 1 is 1.00 bits per heavy atom. The highest BCUT2D eigenvalue weighted by atomic mass is 32.1. The van der Waals surface area contributed by atoms with Crippen LogP contribution in [-0.4, -0.2) is 18.2 Å². The number of nitrogens with one attached hydrogen (secondary N) is 2. The maximum absolute atomic E-state index is 5.17. The third kappa shape index (κ3) is 11.8. The topological polar surface area (TPSA) is 24.1 Å². The molecular weight excluding hydrogens is 216 g/mol. The van der Waals surface area contributed by atoms with Gasteiger partial charge in [-0.1, -0.05) is 52.9 Å². The Hall–Kier alpha value is -0.310. The van der Waals surface area contributed by atoms with Gasteiger partial charge in [0.2, 0.25) is 0 Å². The van der Waals surface area contributed by atoms with E-state index in [0.29, 0.717) is 5.92 Å². The van der Waals surface area contributed by atoms with Gasteiger partial charge in [-0.3, -0.25) is 0 Å². The largest absolute Gasteiger partial charge is 0.363 e. The third-order valence-corrected chi connectivity index (χ3v) is 2.78. The summed E-state index contributed by atoms with van der Waals surface area (Å²) in [6.45, 7) is 8.59. The van der Waals surface area contributed by atoms with E-state index >= 15 is 0 Å². The van der Waals surface area contributed by atoms with Gasteiger partial charge in [-0.15, -0.1) is 0 Å². The summed E-state index contributed by atoms with van der Waals surface area (Å²) in [6, 6.07) is 0. The van der Waals surface area contributed by atoms with Crippen LogP contribution >= 0.6 is 12.2 Å². The fraction of sp³-hybridized carbons (Fsp3) is 0.923. The zero-order chi connectivity index (χ0) is 12.2. The quantitative estimate of drug-likeness (QED) is 0.480. The molecule has 0 aliphatic carbocycles. The van der Waals surface area contributed by atoms with E-state index in [2.05, 4.69) is 31.4 Å². The van der Waals surface area contributed by atoms with Crippen molar-refractivity contribution in [1.29, 1.82) is 0 Å². The van der Waals surface area contributed by atoms with Crippen molar-refractivity contribution in [3.05, 3.63) is 0 Å². The van der Waals surface area contributed by atoms with E-state index in [1.165, 1.54) is 38.5 Å². The lowest BCUT2D eigenvalue weighted by molar-refractivity contribution is 0.593. The van der Waals surface area contributed by atoms with Gasteiger partial charge in [0, 0.05) is 13.1 Å². The monoisotopic (exact) mass is 244 g/mol. The van der Waals surface area contributed by atoms with Crippen molar-refractivity contribution in [2.24, 2.45) is 5.92 Å². The Bertz CT molecular complexity index is 169. The lowest BCUT2D eigenvalue weighted by atomic mass is 10.1. The molecule has 0 saturated heterocycles. The van der Waals surface area contributed by atoms with Crippen LogP contribution in [0.2, 0.25) is 0 Å². The summed E-state index contributed by atoms with van der Waals surface area (Å²) in [5.41, 5.74) is 0. The van der Waals surface area contributed by atoms with Crippen LogP contribution in [0.15, 0.2) is 0 Å². The summed E-state index contributed by atoms with van der Waals surface area (Å²) >= 11 is 5.17. The minimum Gasteiger partial charge on any atom is -0.363 e. The smallest absolute Gasteiger partial charge is 0.166 e. The van der Waals surface area contributed by atoms with E-state index in [1.807, 2.05) is 0 Å². The predicted octanol–water partition coefficient (Wildman–Crippen LogP) is 3.47. The van der Waals surface area contributed by atoms with Crippen LogP contribution in [0.3, 0.4) is 0 Å². The first-order chi connectivity index (χ1) is 7.66. The summed E-state index contributed by atoms with van der Waals surface area (Å²) in [7, 11) is 0. The number of hydrogen-bond donors (Lipinski definition) is 2. The first kappa shape index (κ1) is 15.7. The molecule has 0 fully saturated rings. The van der Waals surface area contributed by atoms with E-state index < -0.39 is 0 Å². The maximum Gasteiger partial charge on any atom is 0.166 e. The third-order valence-electron chi connectivity index (χ3n) is 2.49. The van der Waals surface area contributed by atoms with Crippen LogP contribution in [0.1, 0.15) is 59.3 Å². The number of thiocarbonyl (C=S) groups is 1. The molecule has 0 bridgehead atoms. The molecule has 0 rings (SSSR count). The van der Waals surface area contributed by atoms with Crippen LogP contribution in [-0.2, 0) is 0 Å². The second-order valence-corrected chi connectivity index (χ2v) is 5.21. The molecule has 0 aromatic heterocycles. The molecule has 16 heavy (non-hydrogen) atoms. The first-order valence-electron chi connectivity index (χ1n) is 6.68. The van der Waals surface area contributed by atoms with Crippen molar-refractivity contribution >= 4 is 17.3 Å². The molecule has 0 unspecified atom stereocenters. The zero-order valence-electron chi connectivity index (χ0n) is 11.1. The molecule has 0 amide bonds. The van der Waals surface area contributed by atoms with E-state index in [9.17, 15) is 0 Å². The van der Waals surface area contributed by atoms with Gasteiger partial charge in [0.15, 0.2) is 5.11 Å². The lowest BCUT2D eigenvalue weighted by Crippen LogP contribution is -2.37. The van der Waals surface area contributed by atoms with Gasteiger partial charge in [0.05, 0.1) is 0 Å². The molecular formula is C13H28N2S. The SMILES string of the molecule is CCCCCCCCNC(=S)NCC(C)C. The second-order valence-electron chi connectivity index (χ2n) is 4.80. The van der Waals surface area contributed by atoms with E-state index in [1.54, 1.807) is 0 Å². The van der Waals surface area contributed by atoms with E-state index in [4.69, 9.17) is 12.2 Å². The van der Waals surface area contributed by atoms with Crippen molar-refractivity contribution < 1.29 is 0 Å². The molecule has 0 heterocycles. The summed E-state index contributed by atoms with van der Waals surface area (Å²) in [6.07, 6.45) is 7.99. The molecule has 0 spiro atoms. The Balaban J connectivity index is 3.15. The highest BCUT2D eigenvalue weighted by molar-refractivity contribution is 7.80. The van der Waals surface area contributed by atoms with Gasteiger partial charge in [-0.05, 0) is 24.6 Å².